The van der Waals surface area contributed by atoms with Crippen molar-refractivity contribution in [2.75, 3.05) is 19.8 Å². The molecule has 5 nitrogen and oxygen atoms in total. The lowest BCUT2D eigenvalue weighted by Crippen LogP contribution is -2.35. The summed E-state index contributed by atoms with van der Waals surface area (Å²) in [5.74, 6) is 0.419. The van der Waals surface area contributed by atoms with Crippen molar-refractivity contribution in [1.82, 2.24) is 0 Å². The van der Waals surface area contributed by atoms with Gasteiger partial charge < -0.3 is 24.8 Å². The van der Waals surface area contributed by atoms with Gasteiger partial charge in [-0.3, -0.25) is 0 Å². The predicted octanol–water partition coefficient (Wildman–Crippen LogP) is -0.860. The molecule has 0 saturated carbocycles. The molecule has 0 bridgehead atoms. The van der Waals surface area contributed by atoms with Crippen molar-refractivity contribution in [1.29, 1.82) is 0 Å². The second-order valence-electron chi connectivity index (χ2n) is 4.31. The lowest BCUT2D eigenvalue weighted by atomic mass is 10.1. The molecular weight excluding hydrogens is 200 g/mol. The third kappa shape index (κ3) is 3.39. The van der Waals surface area contributed by atoms with Gasteiger partial charge >= 0.3 is 0 Å². The molecule has 0 aromatic heterocycles. The van der Waals surface area contributed by atoms with Crippen molar-refractivity contribution in [2.45, 2.75) is 38.3 Å². The van der Waals surface area contributed by atoms with Gasteiger partial charge in [-0.1, -0.05) is 13.8 Å². The SMILES string of the molecule is CC(C)COC[C@H]1O[C@H](CO)[C@@H](O)[C@@H]1O. The lowest BCUT2D eigenvalue weighted by molar-refractivity contribution is -0.0590. The van der Waals surface area contributed by atoms with E-state index in [-0.39, 0.29) is 13.2 Å². The highest BCUT2D eigenvalue weighted by Crippen LogP contribution is 2.21. The van der Waals surface area contributed by atoms with Crippen LogP contribution in [0.15, 0.2) is 0 Å². The van der Waals surface area contributed by atoms with E-state index in [9.17, 15) is 10.2 Å². The van der Waals surface area contributed by atoms with Crippen molar-refractivity contribution in [3.8, 4) is 0 Å². The van der Waals surface area contributed by atoms with E-state index in [0.29, 0.717) is 12.5 Å². The molecule has 0 unspecified atom stereocenters. The Balaban J connectivity index is 2.31. The average molecular weight is 220 g/mol. The zero-order valence-electron chi connectivity index (χ0n) is 9.17. The zero-order chi connectivity index (χ0) is 11.4. The number of aliphatic hydroxyl groups is 3. The normalized spacial score (nSPS) is 36.4. The van der Waals surface area contributed by atoms with E-state index in [0.717, 1.165) is 0 Å². The van der Waals surface area contributed by atoms with Gasteiger partial charge in [0.2, 0.25) is 0 Å². The second-order valence-corrected chi connectivity index (χ2v) is 4.31. The van der Waals surface area contributed by atoms with Gasteiger partial charge in [0.25, 0.3) is 0 Å². The van der Waals surface area contributed by atoms with Crippen LogP contribution in [0, 0.1) is 5.92 Å². The highest BCUT2D eigenvalue weighted by molar-refractivity contribution is 4.90. The van der Waals surface area contributed by atoms with Crippen LogP contribution in [0.3, 0.4) is 0 Å². The van der Waals surface area contributed by atoms with Crippen LogP contribution < -0.4 is 0 Å². The van der Waals surface area contributed by atoms with Crippen LogP contribution in [0.5, 0.6) is 0 Å². The van der Waals surface area contributed by atoms with Crippen molar-refractivity contribution in [2.24, 2.45) is 5.92 Å². The van der Waals surface area contributed by atoms with Crippen molar-refractivity contribution in [3.05, 3.63) is 0 Å². The molecule has 0 aliphatic carbocycles. The Bertz CT molecular complexity index is 185. The summed E-state index contributed by atoms with van der Waals surface area (Å²) >= 11 is 0. The Kier molecular flexibility index (Phi) is 4.95. The molecule has 1 aliphatic rings. The summed E-state index contributed by atoms with van der Waals surface area (Å²) in [7, 11) is 0. The van der Waals surface area contributed by atoms with Gasteiger partial charge in [0, 0.05) is 6.61 Å². The minimum atomic E-state index is -1.03. The molecule has 3 N–H and O–H groups in total. The molecule has 1 fully saturated rings. The van der Waals surface area contributed by atoms with Crippen LogP contribution >= 0.6 is 0 Å². The van der Waals surface area contributed by atoms with Crippen LogP contribution in [-0.2, 0) is 9.47 Å². The van der Waals surface area contributed by atoms with E-state index < -0.39 is 24.4 Å². The molecule has 0 radical (unpaired) electrons. The van der Waals surface area contributed by atoms with Crippen LogP contribution in [-0.4, -0.2) is 59.6 Å². The fourth-order valence-corrected chi connectivity index (χ4v) is 1.53. The van der Waals surface area contributed by atoms with Crippen molar-refractivity contribution >= 4 is 0 Å². The van der Waals surface area contributed by atoms with E-state index in [1.165, 1.54) is 0 Å². The smallest absolute Gasteiger partial charge is 0.111 e. The molecule has 15 heavy (non-hydrogen) atoms. The molecule has 90 valence electrons. The Hall–Kier alpha value is -0.200. The summed E-state index contributed by atoms with van der Waals surface area (Å²) in [4.78, 5) is 0. The maximum absolute atomic E-state index is 9.56. The molecule has 1 rings (SSSR count). The van der Waals surface area contributed by atoms with Gasteiger partial charge in [0.05, 0.1) is 13.2 Å². The fourth-order valence-electron chi connectivity index (χ4n) is 1.53. The molecular formula is C10H20O5. The van der Waals surface area contributed by atoms with Crippen LogP contribution in [0.1, 0.15) is 13.8 Å². The summed E-state index contributed by atoms with van der Waals surface area (Å²) in [5, 5.41) is 27.9. The number of hydrogen-bond acceptors (Lipinski definition) is 5. The predicted molar refractivity (Wildman–Crippen MR) is 53.4 cm³/mol. The maximum Gasteiger partial charge on any atom is 0.111 e. The quantitative estimate of drug-likeness (QED) is 0.562. The van der Waals surface area contributed by atoms with Crippen LogP contribution in [0.2, 0.25) is 0 Å². The highest BCUT2D eigenvalue weighted by atomic mass is 16.6. The van der Waals surface area contributed by atoms with Crippen molar-refractivity contribution in [3.63, 3.8) is 0 Å². The van der Waals surface area contributed by atoms with Crippen LogP contribution in [0.25, 0.3) is 0 Å². The maximum atomic E-state index is 9.56. The minimum absolute atomic E-state index is 0.243. The topological polar surface area (TPSA) is 79.2 Å². The lowest BCUT2D eigenvalue weighted by Gasteiger charge is -2.15. The number of hydrogen-bond donors (Lipinski definition) is 3. The first kappa shape index (κ1) is 12.9. The van der Waals surface area contributed by atoms with Gasteiger partial charge in [0.15, 0.2) is 0 Å². The van der Waals surface area contributed by atoms with Gasteiger partial charge in [-0.05, 0) is 5.92 Å². The van der Waals surface area contributed by atoms with Crippen LogP contribution in [0.4, 0.5) is 0 Å². The largest absolute Gasteiger partial charge is 0.394 e. The van der Waals surface area contributed by atoms with E-state index in [1.54, 1.807) is 0 Å². The van der Waals surface area contributed by atoms with E-state index in [2.05, 4.69) is 0 Å². The minimum Gasteiger partial charge on any atom is -0.394 e. The molecule has 1 heterocycles. The molecule has 5 heteroatoms. The standard InChI is InChI=1S/C10H20O5/c1-6(2)4-14-5-8-10(13)9(12)7(3-11)15-8/h6-13H,3-5H2,1-2H3/t7-,8-,9-,10-/m1/s1. The molecule has 0 aromatic rings. The molecule has 0 aromatic carbocycles. The van der Waals surface area contributed by atoms with E-state index in [4.69, 9.17) is 14.6 Å². The fraction of sp³-hybridized carbons (Fsp3) is 1.00. The van der Waals surface area contributed by atoms with Gasteiger partial charge in [-0.2, -0.15) is 0 Å². The first-order valence-electron chi connectivity index (χ1n) is 5.26. The van der Waals surface area contributed by atoms with Gasteiger partial charge in [0.1, 0.15) is 24.4 Å². The molecule has 0 spiro atoms. The zero-order valence-corrected chi connectivity index (χ0v) is 9.17. The first-order chi connectivity index (χ1) is 7.06. The monoisotopic (exact) mass is 220 g/mol. The molecule has 4 atom stereocenters. The summed E-state index contributed by atoms with van der Waals surface area (Å²) in [5.41, 5.74) is 0. The Morgan fingerprint density at radius 2 is 1.80 bits per heavy atom. The van der Waals surface area contributed by atoms with E-state index >= 15 is 0 Å². The third-order valence-electron chi connectivity index (χ3n) is 2.37. The molecule has 0 amide bonds. The Morgan fingerprint density at radius 1 is 1.20 bits per heavy atom. The first-order valence-corrected chi connectivity index (χ1v) is 5.26. The highest BCUT2D eigenvalue weighted by Gasteiger charge is 2.42. The summed E-state index contributed by atoms with van der Waals surface area (Å²) in [6.07, 6.45) is -3.25. The molecule has 1 saturated heterocycles. The number of ether oxygens (including phenoxy) is 2. The molecule has 1 aliphatic heterocycles. The summed E-state index contributed by atoms with van der Waals surface area (Å²) < 4.78 is 10.6. The van der Waals surface area contributed by atoms with Gasteiger partial charge in [-0.15, -0.1) is 0 Å². The Labute approximate surface area is 89.6 Å². The average Bonchev–Trinajstić information content (AvgIpc) is 2.45. The number of rotatable bonds is 5. The third-order valence-corrected chi connectivity index (χ3v) is 2.37. The van der Waals surface area contributed by atoms with Crippen molar-refractivity contribution < 1.29 is 24.8 Å². The summed E-state index contributed by atoms with van der Waals surface area (Å²) in [6, 6.07) is 0. The number of aliphatic hydroxyl groups excluding tert-OH is 3. The second kappa shape index (κ2) is 5.77. The van der Waals surface area contributed by atoms with Gasteiger partial charge in [-0.25, -0.2) is 0 Å². The Morgan fingerprint density at radius 3 is 2.27 bits per heavy atom. The van der Waals surface area contributed by atoms with E-state index in [1.807, 2.05) is 13.8 Å². The summed E-state index contributed by atoms with van der Waals surface area (Å²) in [6.45, 7) is 4.59.